The first kappa shape index (κ1) is 9.69. The molecular formula is C12H17NO. The zero-order valence-electron chi connectivity index (χ0n) is 8.53. The Kier molecular flexibility index (Phi) is 2.85. The van der Waals surface area contributed by atoms with Gasteiger partial charge in [-0.25, -0.2) is 0 Å². The molecule has 1 aliphatic rings. The van der Waals surface area contributed by atoms with Crippen LogP contribution in [0.25, 0.3) is 0 Å². The van der Waals surface area contributed by atoms with E-state index in [1.165, 1.54) is 11.1 Å². The highest BCUT2D eigenvalue weighted by Crippen LogP contribution is 2.26. The van der Waals surface area contributed by atoms with E-state index in [2.05, 4.69) is 36.5 Å². The molecule has 2 heteroatoms. The van der Waals surface area contributed by atoms with Gasteiger partial charge < -0.3 is 5.11 Å². The Balaban J connectivity index is 2.18. The van der Waals surface area contributed by atoms with Crippen LogP contribution in [0, 0.1) is 6.92 Å². The number of benzene rings is 1. The number of aryl methyl sites for hydroxylation is 1. The summed E-state index contributed by atoms with van der Waals surface area (Å²) in [6.45, 7) is 2.12. The standard InChI is InChI=1S/C12H17NO/c1-9-5-2-3-6-10(9)11-7-4-8-12(14)13-11/h2-3,5-6,11-14H,4,7-8H2,1H3. The average Bonchev–Trinajstić information content (AvgIpc) is 2.18. The molecule has 0 aromatic heterocycles. The van der Waals surface area contributed by atoms with Crippen LogP contribution in [0.3, 0.4) is 0 Å². The van der Waals surface area contributed by atoms with Crippen LogP contribution in [-0.2, 0) is 0 Å². The van der Waals surface area contributed by atoms with Gasteiger partial charge in [-0.15, -0.1) is 0 Å². The first-order valence-corrected chi connectivity index (χ1v) is 5.27. The Hall–Kier alpha value is -0.860. The summed E-state index contributed by atoms with van der Waals surface area (Å²) in [4.78, 5) is 0. The lowest BCUT2D eigenvalue weighted by atomic mass is 9.94. The monoisotopic (exact) mass is 191 g/mol. The van der Waals surface area contributed by atoms with Crippen molar-refractivity contribution in [1.82, 2.24) is 5.32 Å². The van der Waals surface area contributed by atoms with Gasteiger partial charge in [0.15, 0.2) is 0 Å². The maximum absolute atomic E-state index is 9.52. The fourth-order valence-corrected chi connectivity index (χ4v) is 2.14. The number of hydrogen-bond acceptors (Lipinski definition) is 2. The van der Waals surface area contributed by atoms with Crippen molar-refractivity contribution in [1.29, 1.82) is 0 Å². The Morgan fingerprint density at radius 1 is 1.29 bits per heavy atom. The van der Waals surface area contributed by atoms with Crippen LogP contribution < -0.4 is 5.32 Å². The van der Waals surface area contributed by atoms with Gasteiger partial charge in [-0.05, 0) is 37.3 Å². The van der Waals surface area contributed by atoms with Crippen molar-refractivity contribution in [2.24, 2.45) is 0 Å². The van der Waals surface area contributed by atoms with Gasteiger partial charge in [-0.3, -0.25) is 5.32 Å². The number of piperidine rings is 1. The van der Waals surface area contributed by atoms with Crippen molar-refractivity contribution in [2.45, 2.75) is 38.5 Å². The SMILES string of the molecule is Cc1ccccc1C1CCCC(O)N1. The van der Waals surface area contributed by atoms with Crippen molar-refractivity contribution in [3.8, 4) is 0 Å². The van der Waals surface area contributed by atoms with Gasteiger partial charge in [-0.1, -0.05) is 24.3 Å². The summed E-state index contributed by atoms with van der Waals surface area (Å²) in [5.41, 5.74) is 2.63. The lowest BCUT2D eigenvalue weighted by Gasteiger charge is -2.29. The topological polar surface area (TPSA) is 32.3 Å². The molecule has 0 saturated carbocycles. The fourth-order valence-electron chi connectivity index (χ4n) is 2.14. The van der Waals surface area contributed by atoms with Crippen LogP contribution in [0.2, 0.25) is 0 Å². The van der Waals surface area contributed by atoms with E-state index >= 15 is 0 Å². The average molecular weight is 191 g/mol. The summed E-state index contributed by atoms with van der Waals surface area (Å²) in [5, 5.41) is 12.7. The Bertz CT molecular complexity index is 311. The predicted octanol–water partition coefficient (Wildman–Crippen LogP) is 2.13. The van der Waals surface area contributed by atoms with Crippen molar-refractivity contribution >= 4 is 0 Å². The van der Waals surface area contributed by atoms with Crippen LogP contribution in [0.15, 0.2) is 24.3 Å². The quantitative estimate of drug-likeness (QED) is 0.712. The van der Waals surface area contributed by atoms with E-state index < -0.39 is 0 Å². The third-order valence-electron chi connectivity index (χ3n) is 2.93. The molecule has 0 amide bonds. The fraction of sp³-hybridized carbons (Fsp3) is 0.500. The van der Waals surface area contributed by atoms with Gasteiger partial charge in [0.25, 0.3) is 0 Å². The van der Waals surface area contributed by atoms with Gasteiger partial charge in [0.05, 0.1) is 0 Å². The minimum absolute atomic E-state index is 0.326. The van der Waals surface area contributed by atoms with E-state index in [0.717, 1.165) is 19.3 Å². The van der Waals surface area contributed by atoms with E-state index in [0.29, 0.717) is 6.04 Å². The summed E-state index contributed by atoms with van der Waals surface area (Å²) >= 11 is 0. The predicted molar refractivity (Wildman–Crippen MR) is 56.9 cm³/mol. The molecule has 2 atom stereocenters. The minimum atomic E-state index is -0.326. The molecular weight excluding hydrogens is 174 g/mol. The summed E-state index contributed by atoms with van der Waals surface area (Å²) in [6, 6.07) is 8.71. The highest BCUT2D eigenvalue weighted by atomic mass is 16.3. The highest BCUT2D eigenvalue weighted by molar-refractivity contribution is 5.28. The number of rotatable bonds is 1. The highest BCUT2D eigenvalue weighted by Gasteiger charge is 2.20. The Morgan fingerprint density at radius 2 is 2.07 bits per heavy atom. The van der Waals surface area contributed by atoms with Crippen LogP contribution >= 0.6 is 0 Å². The first-order chi connectivity index (χ1) is 6.77. The maximum Gasteiger partial charge on any atom is 0.105 e. The molecule has 14 heavy (non-hydrogen) atoms. The van der Waals surface area contributed by atoms with Crippen LogP contribution in [0.1, 0.15) is 36.4 Å². The molecule has 2 N–H and O–H groups in total. The maximum atomic E-state index is 9.52. The summed E-state index contributed by atoms with van der Waals surface area (Å²) < 4.78 is 0. The molecule has 0 aliphatic carbocycles. The molecule has 76 valence electrons. The Labute approximate surface area is 85.0 Å². The van der Waals surface area contributed by atoms with Gasteiger partial charge in [0.1, 0.15) is 6.23 Å². The summed E-state index contributed by atoms with van der Waals surface area (Å²) in [5.74, 6) is 0. The molecule has 0 spiro atoms. The third-order valence-corrected chi connectivity index (χ3v) is 2.93. The van der Waals surface area contributed by atoms with E-state index in [1.54, 1.807) is 0 Å². The summed E-state index contributed by atoms with van der Waals surface area (Å²) in [7, 11) is 0. The normalized spacial score (nSPS) is 27.6. The molecule has 1 heterocycles. The van der Waals surface area contributed by atoms with E-state index in [4.69, 9.17) is 0 Å². The number of aliphatic hydroxyl groups is 1. The van der Waals surface area contributed by atoms with Crippen molar-refractivity contribution in [3.05, 3.63) is 35.4 Å². The van der Waals surface area contributed by atoms with E-state index in [1.807, 2.05) is 0 Å². The van der Waals surface area contributed by atoms with Gasteiger partial charge in [-0.2, -0.15) is 0 Å². The first-order valence-electron chi connectivity index (χ1n) is 5.27. The number of aliphatic hydroxyl groups excluding tert-OH is 1. The molecule has 2 unspecified atom stereocenters. The van der Waals surface area contributed by atoms with Crippen molar-refractivity contribution in [3.63, 3.8) is 0 Å². The number of hydrogen-bond donors (Lipinski definition) is 2. The zero-order valence-corrected chi connectivity index (χ0v) is 8.53. The second-order valence-electron chi connectivity index (χ2n) is 4.02. The molecule has 2 rings (SSSR count). The lowest BCUT2D eigenvalue weighted by Crippen LogP contribution is -2.36. The molecule has 1 aliphatic heterocycles. The van der Waals surface area contributed by atoms with Gasteiger partial charge in [0, 0.05) is 6.04 Å². The molecule has 1 fully saturated rings. The second-order valence-corrected chi connectivity index (χ2v) is 4.02. The van der Waals surface area contributed by atoms with Gasteiger partial charge >= 0.3 is 0 Å². The van der Waals surface area contributed by atoms with E-state index in [9.17, 15) is 5.11 Å². The van der Waals surface area contributed by atoms with Crippen LogP contribution in [-0.4, -0.2) is 11.3 Å². The molecule has 0 radical (unpaired) electrons. The minimum Gasteiger partial charge on any atom is -0.379 e. The smallest absolute Gasteiger partial charge is 0.105 e. The number of nitrogens with one attached hydrogen (secondary N) is 1. The van der Waals surface area contributed by atoms with Crippen molar-refractivity contribution in [2.75, 3.05) is 0 Å². The van der Waals surface area contributed by atoms with Gasteiger partial charge in [0.2, 0.25) is 0 Å². The van der Waals surface area contributed by atoms with Crippen LogP contribution in [0.5, 0.6) is 0 Å². The molecule has 1 saturated heterocycles. The van der Waals surface area contributed by atoms with Crippen LogP contribution in [0.4, 0.5) is 0 Å². The molecule has 2 nitrogen and oxygen atoms in total. The largest absolute Gasteiger partial charge is 0.379 e. The Morgan fingerprint density at radius 3 is 2.79 bits per heavy atom. The van der Waals surface area contributed by atoms with E-state index in [-0.39, 0.29) is 6.23 Å². The summed E-state index contributed by atoms with van der Waals surface area (Å²) in [6.07, 6.45) is 2.78. The molecule has 0 bridgehead atoms. The molecule has 1 aromatic carbocycles. The second kappa shape index (κ2) is 4.11. The lowest BCUT2D eigenvalue weighted by molar-refractivity contribution is 0.0851. The van der Waals surface area contributed by atoms with Crippen molar-refractivity contribution < 1.29 is 5.11 Å². The molecule has 1 aromatic rings. The zero-order chi connectivity index (χ0) is 9.97. The third kappa shape index (κ3) is 1.97.